The molecule has 0 radical (unpaired) electrons. The number of rotatable bonds is 4. The highest BCUT2D eigenvalue weighted by Gasteiger charge is 2.35. The predicted octanol–water partition coefficient (Wildman–Crippen LogP) is 4.64. The van der Waals surface area contributed by atoms with Crippen molar-refractivity contribution < 1.29 is 22.4 Å². The Hall–Kier alpha value is -1.69. The average Bonchev–Trinajstić information content (AvgIpc) is 2.86. The lowest BCUT2D eigenvalue weighted by Crippen LogP contribution is -2.08. The number of carbonyl (C=O) groups excluding carboxylic acids is 1. The van der Waals surface area contributed by atoms with E-state index < -0.39 is 11.7 Å². The minimum Gasteiger partial charge on any atom is -0.453 e. The van der Waals surface area contributed by atoms with Crippen LogP contribution in [0.2, 0.25) is 0 Å². The molecule has 0 aliphatic heterocycles. The SMILES string of the molecule is CSCc1cccc(C(F)(F)F)c1-c1ccc(C=O)o1. The molecule has 6 heteroatoms. The summed E-state index contributed by atoms with van der Waals surface area (Å²) >= 11 is 1.42. The molecule has 0 amide bonds. The van der Waals surface area contributed by atoms with Gasteiger partial charge in [0.05, 0.1) is 5.56 Å². The minimum atomic E-state index is -4.47. The normalized spacial score (nSPS) is 11.6. The zero-order valence-corrected chi connectivity index (χ0v) is 11.3. The van der Waals surface area contributed by atoms with Crippen LogP contribution in [-0.4, -0.2) is 12.5 Å². The van der Waals surface area contributed by atoms with Crippen molar-refractivity contribution in [3.63, 3.8) is 0 Å². The van der Waals surface area contributed by atoms with Gasteiger partial charge in [-0.25, -0.2) is 0 Å². The van der Waals surface area contributed by atoms with Gasteiger partial charge in [0.2, 0.25) is 0 Å². The number of benzene rings is 1. The van der Waals surface area contributed by atoms with Crippen LogP contribution in [0.3, 0.4) is 0 Å². The van der Waals surface area contributed by atoms with E-state index in [9.17, 15) is 18.0 Å². The second-order valence-electron chi connectivity index (χ2n) is 4.09. The highest BCUT2D eigenvalue weighted by Crippen LogP contribution is 2.40. The minimum absolute atomic E-state index is 0.00227. The van der Waals surface area contributed by atoms with Gasteiger partial charge in [-0.1, -0.05) is 12.1 Å². The number of hydrogen-bond donors (Lipinski definition) is 0. The number of hydrogen-bond acceptors (Lipinski definition) is 3. The molecule has 1 aromatic heterocycles. The molecule has 0 spiro atoms. The molecular weight excluding hydrogens is 289 g/mol. The molecule has 2 rings (SSSR count). The number of thioether (sulfide) groups is 1. The van der Waals surface area contributed by atoms with Crippen LogP contribution < -0.4 is 0 Å². The average molecular weight is 300 g/mol. The Bertz CT molecular complexity index is 617. The predicted molar refractivity (Wildman–Crippen MR) is 71.8 cm³/mol. The van der Waals surface area contributed by atoms with Gasteiger partial charge in [0.25, 0.3) is 0 Å². The molecule has 2 aromatic rings. The molecule has 1 aromatic carbocycles. The van der Waals surface area contributed by atoms with Gasteiger partial charge in [-0.05, 0) is 30.0 Å². The maximum atomic E-state index is 13.1. The van der Waals surface area contributed by atoms with E-state index in [-0.39, 0.29) is 17.1 Å². The number of furan rings is 1. The van der Waals surface area contributed by atoms with Gasteiger partial charge in [-0.3, -0.25) is 4.79 Å². The van der Waals surface area contributed by atoms with Gasteiger partial charge in [0.15, 0.2) is 12.0 Å². The Labute approximate surface area is 118 Å². The number of aldehydes is 1. The highest BCUT2D eigenvalue weighted by molar-refractivity contribution is 7.97. The maximum Gasteiger partial charge on any atom is 0.417 e. The Balaban J connectivity index is 2.65. The first kappa shape index (κ1) is 14.7. The fraction of sp³-hybridized carbons (Fsp3) is 0.214. The van der Waals surface area contributed by atoms with Crippen LogP contribution in [0, 0.1) is 0 Å². The monoisotopic (exact) mass is 300 g/mol. The van der Waals surface area contributed by atoms with E-state index in [2.05, 4.69) is 0 Å². The lowest BCUT2D eigenvalue weighted by molar-refractivity contribution is -0.137. The van der Waals surface area contributed by atoms with Crippen LogP contribution in [-0.2, 0) is 11.9 Å². The topological polar surface area (TPSA) is 30.2 Å². The van der Waals surface area contributed by atoms with E-state index >= 15 is 0 Å². The van der Waals surface area contributed by atoms with Crippen molar-refractivity contribution in [1.82, 2.24) is 0 Å². The van der Waals surface area contributed by atoms with Crippen molar-refractivity contribution in [2.45, 2.75) is 11.9 Å². The number of carbonyl (C=O) groups is 1. The zero-order valence-electron chi connectivity index (χ0n) is 10.5. The maximum absolute atomic E-state index is 13.1. The third-order valence-corrected chi connectivity index (χ3v) is 3.35. The molecule has 106 valence electrons. The molecule has 1 heterocycles. The van der Waals surface area contributed by atoms with Crippen molar-refractivity contribution in [3.8, 4) is 11.3 Å². The second-order valence-corrected chi connectivity index (χ2v) is 4.96. The van der Waals surface area contributed by atoms with E-state index in [1.165, 1.54) is 30.0 Å². The second kappa shape index (κ2) is 5.75. The van der Waals surface area contributed by atoms with Crippen LogP contribution in [0.1, 0.15) is 21.7 Å². The quantitative estimate of drug-likeness (QED) is 0.770. The number of alkyl halides is 3. The summed E-state index contributed by atoms with van der Waals surface area (Å²) in [4.78, 5) is 10.6. The molecule has 0 atom stereocenters. The summed E-state index contributed by atoms with van der Waals surface area (Å²) in [6, 6.07) is 6.77. The van der Waals surface area contributed by atoms with Crippen LogP contribution in [0.15, 0.2) is 34.7 Å². The highest BCUT2D eigenvalue weighted by atomic mass is 32.2. The first-order valence-electron chi connectivity index (χ1n) is 5.70. The molecule has 0 saturated carbocycles. The van der Waals surface area contributed by atoms with Crippen LogP contribution in [0.5, 0.6) is 0 Å². The largest absolute Gasteiger partial charge is 0.453 e. The molecule has 2 nitrogen and oxygen atoms in total. The van der Waals surface area contributed by atoms with E-state index in [1.807, 2.05) is 6.26 Å². The summed E-state index contributed by atoms with van der Waals surface area (Å²) in [5.74, 6) is 0.493. The van der Waals surface area contributed by atoms with Crippen molar-refractivity contribution in [2.24, 2.45) is 0 Å². The molecule has 0 N–H and O–H groups in total. The van der Waals surface area contributed by atoms with Crippen LogP contribution >= 0.6 is 11.8 Å². The van der Waals surface area contributed by atoms with Crippen LogP contribution in [0.25, 0.3) is 11.3 Å². The molecular formula is C14H11F3O2S. The smallest absolute Gasteiger partial charge is 0.417 e. The van der Waals surface area contributed by atoms with E-state index in [1.54, 1.807) is 6.07 Å². The van der Waals surface area contributed by atoms with Crippen molar-refractivity contribution in [3.05, 3.63) is 47.2 Å². The summed E-state index contributed by atoms with van der Waals surface area (Å²) < 4.78 is 44.5. The van der Waals surface area contributed by atoms with Gasteiger partial charge < -0.3 is 4.42 Å². The van der Waals surface area contributed by atoms with E-state index in [4.69, 9.17) is 4.42 Å². The lowest BCUT2D eigenvalue weighted by atomic mass is 9.99. The van der Waals surface area contributed by atoms with Crippen molar-refractivity contribution in [1.29, 1.82) is 0 Å². The summed E-state index contributed by atoms with van der Waals surface area (Å²) in [6.45, 7) is 0. The first-order valence-corrected chi connectivity index (χ1v) is 7.10. The van der Waals surface area contributed by atoms with E-state index in [0.717, 1.165) is 6.07 Å². The fourth-order valence-corrected chi connectivity index (χ4v) is 2.51. The third kappa shape index (κ3) is 2.90. The van der Waals surface area contributed by atoms with Gasteiger partial charge in [-0.2, -0.15) is 24.9 Å². The molecule has 0 aliphatic carbocycles. The van der Waals surface area contributed by atoms with E-state index in [0.29, 0.717) is 17.6 Å². The zero-order chi connectivity index (χ0) is 14.8. The molecule has 0 unspecified atom stereocenters. The third-order valence-electron chi connectivity index (χ3n) is 2.75. The van der Waals surface area contributed by atoms with Gasteiger partial charge in [0.1, 0.15) is 5.76 Å². The van der Waals surface area contributed by atoms with Gasteiger partial charge in [-0.15, -0.1) is 0 Å². The Morgan fingerprint density at radius 1 is 1.25 bits per heavy atom. The fourth-order valence-electron chi connectivity index (χ4n) is 1.95. The Morgan fingerprint density at radius 2 is 2.00 bits per heavy atom. The summed E-state index contributed by atoms with van der Waals surface area (Å²) in [5.41, 5.74) is -0.225. The molecule has 0 aliphatic rings. The summed E-state index contributed by atoms with van der Waals surface area (Å²) in [6.07, 6.45) is -2.20. The van der Waals surface area contributed by atoms with Crippen molar-refractivity contribution in [2.75, 3.05) is 6.26 Å². The molecule has 0 fully saturated rings. The number of halogens is 3. The van der Waals surface area contributed by atoms with Gasteiger partial charge >= 0.3 is 6.18 Å². The van der Waals surface area contributed by atoms with Gasteiger partial charge in [0, 0.05) is 11.3 Å². The summed E-state index contributed by atoms with van der Waals surface area (Å²) in [5, 5.41) is 0. The lowest BCUT2D eigenvalue weighted by Gasteiger charge is -2.15. The molecule has 0 bridgehead atoms. The standard InChI is InChI=1S/C14H11F3O2S/c1-20-8-9-3-2-4-11(14(15,16)17)13(9)12-6-5-10(7-18)19-12/h2-7H,8H2,1H3. The Morgan fingerprint density at radius 3 is 2.55 bits per heavy atom. The first-order chi connectivity index (χ1) is 9.47. The molecule has 20 heavy (non-hydrogen) atoms. The molecule has 0 saturated heterocycles. The van der Waals surface area contributed by atoms with Crippen molar-refractivity contribution >= 4 is 18.0 Å². The summed E-state index contributed by atoms with van der Waals surface area (Å²) in [7, 11) is 0. The van der Waals surface area contributed by atoms with Crippen LogP contribution in [0.4, 0.5) is 13.2 Å². The Kier molecular flexibility index (Phi) is 4.23.